The Morgan fingerprint density at radius 1 is 1.17 bits per heavy atom. The number of piperidine rings is 2. The molecule has 3 aliphatic heterocycles. The Kier molecular flexibility index (Phi) is 4.67. The monoisotopic (exact) mass is 396 g/mol. The lowest BCUT2D eigenvalue weighted by Gasteiger charge is -2.32. The van der Waals surface area contributed by atoms with Crippen molar-refractivity contribution in [2.75, 3.05) is 13.1 Å². The zero-order chi connectivity index (χ0) is 20.0. The third-order valence-electron chi connectivity index (χ3n) is 7.18. The summed E-state index contributed by atoms with van der Waals surface area (Å²) in [5.41, 5.74) is 3.09. The fourth-order valence-electron chi connectivity index (χ4n) is 5.27. The van der Waals surface area contributed by atoms with Gasteiger partial charge in [0, 0.05) is 30.6 Å². The topological polar surface area (TPSA) is 90.5 Å². The Morgan fingerprint density at radius 3 is 2.76 bits per heavy atom. The van der Waals surface area contributed by atoms with E-state index in [1.807, 2.05) is 12.1 Å². The van der Waals surface area contributed by atoms with Crippen LogP contribution in [0.5, 0.6) is 0 Å². The second-order valence-corrected chi connectivity index (χ2v) is 8.90. The molecule has 0 spiro atoms. The van der Waals surface area contributed by atoms with Crippen LogP contribution in [-0.2, 0) is 22.7 Å². The van der Waals surface area contributed by atoms with Gasteiger partial charge in [0.05, 0.1) is 0 Å². The molecular weight excluding hydrogens is 368 g/mol. The Bertz CT molecular complexity index is 858. The number of nitrogens with zero attached hydrogens (tertiary/aromatic N) is 1. The standard InChI is InChI=1S/C22H28N4O3/c27-19-7-6-18(20(28)25-19)26-13-17-14(3-1-5-16(17)21(26)29)11-24-22(8-9-22)15-4-2-10-23-12-15/h1,3,5,15,18,23-24H,2,4,6-13H2,(H,25,27,28). The third kappa shape index (κ3) is 3.36. The number of benzene rings is 1. The molecule has 154 valence electrons. The predicted octanol–water partition coefficient (Wildman–Crippen LogP) is 1.07. The van der Waals surface area contributed by atoms with Crippen LogP contribution in [-0.4, -0.2) is 47.3 Å². The van der Waals surface area contributed by atoms with Gasteiger partial charge in [0.25, 0.3) is 5.91 Å². The fraction of sp³-hybridized carbons (Fsp3) is 0.591. The number of carbonyl (C=O) groups excluding carboxylic acids is 3. The van der Waals surface area contributed by atoms with E-state index in [4.69, 9.17) is 0 Å². The van der Waals surface area contributed by atoms with Crippen molar-refractivity contribution in [1.82, 2.24) is 20.9 Å². The molecule has 1 aliphatic carbocycles. The van der Waals surface area contributed by atoms with Gasteiger partial charge in [0.1, 0.15) is 6.04 Å². The smallest absolute Gasteiger partial charge is 0.255 e. The van der Waals surface area contributed by atoms with Gasteiger partial charge < -0.3 is 15.5 Å². The minimum atomic E-state index is -0.559. The Hall–Kier alpha value is -2.25. The van der Waals surface area contributed by atoms with Crippen molar-refractivity contribution in [3.05, 3.63) is 34.9 Å². The zero-order valence-electron chi connectivity index (χ0n) is 16.6. The van der Waals surface area contributed by atoms with Crippen LogP contribution in [0.25, 0.3) is 0 Å². The molecule has 1 aromatic rings. The lowest BCUT2D eigenvalue weighted by molar-refractivity contribution is -0.136. The molecule has 2 atom stereocenters. The zero-order valence-corrected chi connectivity index (χ0v) is 16.6. The summed E-state index contributed by atoms with van der Waals surface area (Å²) < 4.78 is 0. The van der Waals surface area contributed by atoms with E-state index in [0.717, 1.165) is 30.8 Å². The summed E-state index contributed by atoms with van der Waals surface area (Å²) >= 11 is 0. The van der Waals surface area contributed by atoms with Gasteiger partial charge in [-0.05, 0) is 68.3 Å². The molecule has 4 aliphatic rings. The number of amides is 3. The van der Waals surface area contributed by atoms with E-state index >= 15 is 0 Å². The van der Waals surface area contributed by atoms with Crippen LogP contribution in [0.2, 0.25) is 0 Å². The average molecular weight is 396 g/mol. The summed E-state index contributed by atoms with van der Waals surface area (Å²) in [5, 5.41) is 9.71. The fourth-order valence-corrected chi connectivity index (χ4v) is 5.27. The number of nitrogens with one attached hydrogen (secondary N) is 3. The van der Waals surface area contributed by atoms with E-state index in [9.17, 15) is 14.4 Å². The minimum absolute atomic E-state index is 0.103. The number of hydrogen-bond donors (Lipinski definition) is 3. The summed E-state index contributed by atoms with van der Waals surface area (Å²) in [7, 11) is 0. The van der Waals surface area contributed by atoms with Gasteiger partial charge in [-0.1, -0.05) is 12.1 Å². The maximum Gasteiger partial charge on any atom is 0.255 e. The number of imide groups is 1. The van der Waals surface area contributed by atoms with E-state index in [1.54, 1.807) is 4.90 Å². The predicted molar refractivity (Wildman–Crippen MR) is 107 cm³/mol. The first-order chi connectivity index (χ1) is 14.1. The molecule has 7 heteroatoms. The number of hydrogen-bond acceptors (Lipinski definition) is 5. The molecule has 1 saturated carbocycles. The van der Waals surface area contributed by atoms with E-state index in [1.165, 1.54) is 25.7 Å². The summed E-state index contributed by atoms with van der Waals surface area (Å²) in [6.45, 7) is 3.39. The van der Waals surface area contributed by atoms with Gasteiger partial charge in [-0.25, -0.2) is 0 Å². The van der Waals surface area contributed by atoms with Crippen LogP contribution in [0.1, 0.15) is 60.0 Å². The Balaban J connectivity index is 1.31. The van der Waals surface area contributed by atoms with E-state index in [-0.39, 0.29) is 29.7 Å². The summed E-state index contributed by atoms with van der Waals surface area (Å²) in [4.78, 5) is 38.3. The van der Waals surface area contributed by atoms with Gasteiger partial charge in [-0.2, -0.15) is 0 Å². The van der Waals surface area contributed by atoms with Crippen molar-refractivity contribution < 1.29 is 14.4 Å². The highest BCUT2D eigenvalue weighted by Crippen LogP contribution is 2.45. The van der Waals surface area contributed by atoms with Crippen LogP contribution < -0.4 is 16.0 Å². The van der Waals surface area contributed by atoms with Crippen LogP contribution in [0.4, 0.5) is 0 Å². The SMILES string of the molecule is O=C1CCC(N2Cc3c(CNC4(C5CCCNC5)CC4)cccc3C2=O)C(=O)N1. The normalized spacial score (nSPS) is 28.3. The van der Waals surface area contributed by atoms with E-state index in [0.29, 0.717) is 24.4 Å². The molecule has 0 bridgehead atoms. The summed E-state index contributed by atoms with van der Waals surface area (Å²) in [5.74, 6) is -0.0420. The maximum atomic E-state index is 13.0. The number of carbonyl (C=O) groups is 3. The first kappa shape index (κ1) is 18.8. The van der Waals surface area contributed by atoms with E-state index in [2.05, 4.69) is 22.0 Å². The molecule has 2 saturated heterocycles. The third-order valence-corrected chi connectivity index (χ3v) is 7.18. The van der Waals surface area contributed by atoms with Crippen LogP contribution in [0.15, 0.2) is 18.2 Å². The number of fused-ring (bicyclic) bond motifs is 1. The largest absolute Gasteiger partial charge is 0.322 e. The van der Waals surface area contributed by atoms with Gasteiger partial charge in [-0.3, -0.25) is 19.7 Å². The molecule has 3 heterocycles. The molecule has 29 heavy (non-hydrogen) atoms. The summed E-state index contributed by atoms with van der Waals surface area (Å²) in [6, 6.07) is 5.31. The highest BCUT2D eigenvalue weighted by Gasteiger charge is 2.49. The molecule has 7 nitrogen and oxygen atoms in total. The van der Waals surface area contributed by atoms with E-state index < -0.39 is 6.04 Å². The van der Waals surface area contributed by atoms with Crippen molar-refractivity contribution in [3.63, 3.8) is 0 Å². The molecule has 3 amide bonds. The van der Waals surface area contributed by atoms with Gasteiger partial charge in [0.2, 0.25) is 11.8 Å². The van der Waals surface area contributed by atoms with Crippen molar-refractivity contribution in [2.45, 2.75) is 63.2 Å². The molecule has 5 rings (SSSR count). The van der Waals surface area contributed by atoms with Crippen molar-refractivity contribution in [3.8, 4) is 0 Å². The van der Waals surface area contributed by atoms with Crippen molar-refractivity contribution >= 4 is 17.7 Å². The molecule has 0 radical (unpaired) electrons. The second-order valence-electron chi connectivity index (χ2n) is 8.90. The van der Waals surface area contributed by atoms with Crippen LogP contribution in [0, 0.1) is 5.92 Å². The van der Waals surface area contributed by atoms with Gasteiger partial charge in [-0.15, -0.1) is 0 Å². The Labute approximate surface area is 170 Å². The summed E-state index contributed by atoms with van der Waals surface area (Å²) in [6.07, 6.45) is 5.63. The van der Waals surface area contributed by atoms with Crippen molar-refractivity contribution in [2.24, 2.45) is 5.92 Å². The first-order valence-corrected chi connectivity index (χ1v) is 10.8. The maximum absolute atomic E-state index is 13.0. The average Bonchev–Trinajstić information content (AvgIpc) is 3.46. The molecule has 0 aromatic heterocycles. The Morgan fingerprint density at radius 2 is 2.03 bits per heavy atom. The number of rotatable bonds is 5. The van der Waals surface area contributed by atoms with Gasteiger partial charge in [0.15, 0.2) is 0 Å². The van der Waals surface area contributed by atoms with Crippen molar-refractivity contribution in [1.29, 1.82) is 0 Å². The van der Waals surface area contributed by atoms with Crippen LogP contribution >= 0.6 is 0 Å². The molecule has 1 aromatic carbocycles. The molecule has 3 N–H and O–H groups in total. The molecule has 2 unspecified atom stereocenters. The lowest BCUT2D eigenvalue weighted by atomic mass is 9.89. The van der Waals surface area contributed by atoms with Gasteiger partial charge >= 0.3 is 0 Å². The first-order valence-electron chi connectivity index (χ1n) is 10.8. The highest BCUT2D eigenvalue weighted by molar-refractivity contribution is 6.05. The molecule has 3 fully saturated rings. The minimum Gasteiger partial charge on any atom is -0.322 e. The highest BCUT2D eigenvalue weighted by atomic mass is 16.2. The second kappa shape index (κ2) is 7.22. The lowest BCUT2D eigenvalue weighted by Crippen LogP contribution is -2.52. The van der Waals surface area contributed by atoms with Crippen LogP contribution in [0.3, 0.4) is 0 Å². The molecular formula is C22H28N4O3. The quantitative estimate of drug-likeness (QED) is 0.648.